The van der Waals surface area contributed by atoms with Gasteiger partial charge >= 0.3 is 17.9 Å². The Morgan fingerprint density at radius 3 is 2.29 bits per heavy atom. The number of methoxy groups -OCH3 is 6. The fraction of sp³-hybridized carbons (Fsp3) is 0.604. The van der Waals surface area contributed by atoms with Crippen molar-refractivity contribution in [2.45, 2.75) is 104 Å². The molecule has 4 aliphatic carbocycles. The van der Waals surface area contributed by atoms with E-state index in [0.717, 1.165) is 56.5 Å². The topological polar surface area (TPSA) is 155 Å². The quantitative estimate of drug-likeness (QED) is 0.186. The number of hydrogen-bond acceptors (Lipinski definition) is 11. The third-order valence-corrected chi connectivity index (χ3v) is 16.8. The van der Waals surface area contributed by atoms with E-state index < -0.39 is 35.5 Å². The van der Waals surface area contributed by atoms with Crippen LogP contribution in [0.25, 0.3) is 10.9 Å². The lowest BCUT2D eigenvalue weighted by atomic mass is 9.47. The summed E-state index contributed by atoms with van der Waals surface area (Å²) in [7, 11) is 9.10. The van der Waals surface area contributed by atoms with Crippen LogP contribution in [0, 0.1) is 46.3 Å². The number of aromatic amines is 1. The van der Waals surface area contributed by atoms with E-state index in [1.165, 1.54) is 69.9 Å². The second-order valence-corrected chi connectivity index (χ2v) is 20.2. The predicted molar refractivity (Wildman–Crippen MR) is 250 cm³/mol. The van der Waals surface area contributed by atoms with E-state index in [2.05, 4.69) is 48.9 Å². The summed E-state index contributed by atoms with van der Waals surface area (Å²) in [5.74, 6) is 1.33. The van der Waals surface area contributed by atoms with Gasteiger partial charge in [-0.3, -0.25) is 14.5 Å². The number of fused-ring (bicyclic) bond motifs is 9. The fourth-order valence-corrected chi connectivity index (χ4v) is 13.4. The molecule has 9 rings (SSSR count). The molecule has 0 bridgehead atoms. The maximum absolute atomic E-state index is 13.5. The van der Waals surface area contributed by atoms with Gasteiger partial charge in [0.25, 0.3) is 0 Å². The maximum Gasteiger partial charge on any atom is 0.338 e. The van der Waals surface area contributed by atoms with Crippen molar-refractivity contribution in [1.82, 2.24) is 9.88 Å². The zero-order valence-electron chi connectivity index (χ0n) is 40.5. The van der Waals surface area contributed by atoms with Gasteiger partial charge in [0.05, 0.1) is 58.5 Å². The van der Waals surface area contributed by atoms with Gasteiger partial charge in [0.2, 0.25) is 5.75 Å². The molecule has 2 N–H and O–H groups in total. The third-order valence-electron chi connectivity index (χ3n) is 16.8. The van der Waals surface area contributed by atoms with Gasteiger partial charge in [0.1, 0.15) is 18.0 Å². The molecule has 13 nitrogen and oxygen atoms in total. The number of esters is 2. The van der Waals surface area contributed by atoms with Crippen molar-refractivity contribution >= 4 is 28.8 Å². The number of carbonyl (C=O) groups is 3. The third kappa shape index (κ3) is 8.26. The first-order valence-corrected chi connectivity index (χ1v) is 23.8. The number of hydrogen-bond donors (Lipinski definition) is 2. The average molecular weight is 911 g/mol. The Morgan fingerprint density at radius 2 is 1.65 bits per heavy atom. The minimum atomic E-state index is -0.670. The molecule has 2 saturated carbocycles. The molecule has 6 aliphatic rings. The van der Waals surface area contributed by atoms with Gasteiger partial charge in [-0.15, -0.1) is 0 Å². The molecule has 0 spiro atoms. The molecule has 66 heavy (non-hydrogen) atoms. The lowest BCUT2D eigenvalue weighted by Crippen LogP contribution is -2.58. The highest BCUT2D eigenvalue weighted by atomic mass is 16.6. The molecule has 1 aromatic heterocycles. The monoisotopic (exact) mass is 910 g/mol. The van der Waals surface area contributed by atoms with Crippen molar-refractivity contribution in [2.75, 3.05) is 55.7 Å². The van der Waals surface area contributed by atoms with Crippen molar-refractivity contribution in [3.05, 3.63) is 70.5 Å². The van der Waals surface area contributed by atoms with E-state index in [4.69, 9.17) is 33.2 Å². The highest BCUT2D eigenvalue weighted by molar-refractivity contribution is 5.91. The molecule has 0 radical (unpaired) electrons. The fourth-order valence-electron chi connectivity index (χ4n) is 13.4. The van der Waals surface area contributed by atoms with E-state index in [-0.39, 0.29) is 40.7 Å². The molecule has 3 heterocycles. The van der Waals surface area contributed by atoms with Crippen LogP contribution >= 0.6 is 0 Å². The molecule has 2 aromatic carbocycles. The number of nitrogens with one attached hydrogen (secondary N) is 1. The summed E-state index contributed by atoms with van der Waals surface area (Å²) in [4.78, 5) is 45.1. The lowest BCUT2D eigenvalue weighted by molar-refractivity contribution is -0.176. The van der Waals surface area contributed by atoms with Crippen molar-refractivity contribution in [1.29, 1.82) is 0 Å². The summed E-state index contributed by atoms with van der Waals surface area (Å²) < 4.78 is 39.1. The molecule has 1 saturated heterocycles. The summed E-state index contributed by atoms with van der Waals surface area (Å²) in [6.07, 6.45) is 12.1. The van der Waals surface area contributed by atoms with Crippen LogP contribution in [-0.2, 0) is 30.2 Å². The number of nitrogens with zero attached hydrogens (tertiary/aromatic N) is 1. The van der Waals surface area contributed by atoms with Crippen LogP contribution in [0.4, 0.5) is 0 Å². The summed E-state index contributed by atoms with van der Waals surface area (Å²) >= 11 is 0. The summed E-state index contributed by atoms with van der Waals surface area (Å²) in [5, 5.41) is 11.0. The summed E-state index contributed by atoms with van der Waals surface area (Å²) in [6.45, 7) is 10.6. The van der Waals surface area contributed by atoms with E-state index in [1.807, 2.05) is 19.1 Å². The Hall–Kier alpha value is -5.01. The molecule has 0 amide bonds. The number of H-pyrrole nitrogens is 1. The van der Waals surface area contributed by atoms with Gasteiger partial charge in [0.15, 0.2) is 11.5 Å². The number of aromatic nitrogens is 1. The van der Waals surface area contributed by atoms with Gasteiger partial charge in [-0.25, -0.2) is 4.79 Å². The molecular formula is C53H70N2O11. The number of ether oxygens (including phenoxy) is 7. The van der Waals surface area contributed by atoms with Crippen LogP contribution in [0.5, 0.6) is 23.0 Å². The normalized spacial score (nSPS) is 31.2. The van der Waals surface area contributed by atoms with Crippen LogP contribution in [-0.4, -0.2) is 101 Å². The lowest BCUT2D eigenvalue weighted by Gasteiger charge is -2.57. The zero-order valence-corrected chi connectivity index (χ0v) is 40.5. The Morgan fingerprint density at radius 1 is 0.909 bits per heavy atom. The maximum atomic E-state index is 13.5. The van der Waals surface area contributed by atoms with Crippen molar-refractivity contribution in [3.63, 3.8) is 0 Å². The molecule has 0 unspecified atom stereocenters. The van der Waals surface area contributed by atoms with Crippen LogP contribution in [0.15, 0.2) is 53.6 Å². The zero-order chi connectivity index (χ0) is 47.2. The number of carbonyl (C=O) groups excluding carboxylic acids is 2. The van der Waals surface area contributed by atoms with Crippen LogP contribution in [0.1, 0.15) is 107 Å². The Balaban J connectivity index is 0.000000225. The standard InChI is InChI=1S/C33H40N2O9.C20H30O2/c1-38-19-7-8-20-21-9-10-35-16-18-13-27(44-32(36)17-11-25(39-2)30(41-4)26(12-17)40-3)31(42-5)28(33(37)43-6)22(18)15-24(35)29(21)34-23(20)14-19;1-13(2)14-6-8-16-15(12-14)7-9-17-19(16,3)10-5-11-20(17,4)18(21)22/h7-8,11-12,14,18,22,24,27-28,31,34H,9-10,13,15-16H2,1-6H3;7,12-13,16-17H,5-6,8-11H2,1-4H3,(H,21,22)/t18-,22+,24-,27-,28+,31+;16-,17+,19+,20+/m10/s1. The largest absolute Gasteiger partial charge is 0.497 e. The number of rotatable bonds is 10. The van der Waals surface area contributed by atoms with Crippen molar-refractivity contribution < 1.29 is 52.6 Å². The Bertz CT molecular complexity index is 2360. The number of carboxylic acids is 1. The van der Waals surface area contributed by atoms with E-state index in [1.54, 1.807) is 31.9 Å². The number of piperidine rings is 1. The van der Waals surface area contributed by atoms with Gasteiger partial charge in [0, 0.05) is 42.9 Å². The number of allylic oxidation sites excluding steroid dienone is 4. The van der Waals surface area contributed by atoms with Gasteiger partial charge < -0.3 is 43.2 Å². The number of carboxylic acid groups (broad SMARTS) is 1. The number of aliphatic carboxylic acids is 1. The molecular weight excluding hydrogens is 841 g/mol. The summed E-state index contributed by atoms with van der Waals surface area (Å²) in [5.41, 5.74) is 6.52. The molecule has 3 fully saturated rings. The first-order valence-electron chi connectivity index (χ1n) is 23.8. The highest BCUT2D eigenvalue weighted by Gasteiger charge is 2.58. The Kier molecular flexibility index (Phi) is 13.6. The second-order valence-electron chi connectivity index (χ2n) is 20.2. The number of benzene rings is 2. The first kappa shape index (κ1) is 47.5. The Labute approximate surface area is 389 Å². The minimum Gasteiger partial charge on any atom is -0.497 e. The average Bonchev–Trinajstić information content (AvgIpc) is 3.70. The molecule has 3 aromatic rings. The molecule has 358 valence electrons. The smallest absolute Gasteiger partial charge is 0.338 e. The van der Waals surface area contributed by atoms with Crippen LogP contribution < -0.4 is 18.9 Å². The van der Waals surface area contributed by atoms with E-state index >= 15 is 0 Å². The summed E-state index contributed by atoms with van der Waals surface area (Å²) in [6, 6.07) is 9.40. The van der Waals surface area contributed by atoms with Gasteiger partial charge in [-0.05, 0) is 129 Å². The van der Waals surface area contributed by atoms with Gasteiger partial charge in [-0.2, -0.15) is 0 Å². The highest BCUT2D eigenvalue weighted by Crippen LogP contribution is 2.62. The molecule has 10 atom stereocenters. The predicted octanol–water partition coefficient (Wildman–Crippen LogP) is 9.38. The van der Waals surface area contributed by atoms with Crippen LogP contribution in [0.2, 0.25) is 0 Å². The van der Waals surface area contributed by atoms with Gasteiger partial charge in [-0.1, -0.05) is 44.9 Å². The minimum absolute atomic E-state index is 0.0170. The molecule has 2 aliphatic heterocycles. The van der Waals surface area contributed by atoms with Crippen molar-refractivity contribution in [3.8, 4) is 23.0 Å². The van der Waals surface area contributed by atoms with Crippen molar-refractivity contribution in [2.24, 2.45) is 46.3 Å². The second kappa shape index (κ2) is 18.9. The van der Waals surface area contributed by atoms with E-state index in [9.17, 15) is 19.5 Å². The van der Waals surface area contributed by atoms with E-state index in [0.29, 0.717) is 35.5 Å². The first-order chi connectivity index (χ1) is 31.6. The molecule has 13 heteroatoms. The van der Waals surface area contributed by atoms with Crippen LogP contribution in [0.3, 0.4) is 0 Å². The SMILES string of the molecule is CC(C)C1=CC2=CC[C@@H]3[C@](C)(CCC[C@@]3(C)C(=O)O)[C@H]2CC1.COC(=O)[C@H]1[C@H]2C[C@@H]3c4[nH]c5cc(OC)ccc5c4CCN3C[C@H]2C[C@@H](OC(=O)c2cc(OC)c(OC)c(OC)c2)[C@@H]1OC.